The molecule has 6 heteroatoms. The zero-order valence-corrected chi connectivity index (χ0v) is 14.7. The molecule has 0 spiro atoms. The molecule has 1 atom stereocenters. The van der Waals surface area contributed by atoms with E-state index >= 15 is 0 Å². The third kappa shape index (κ3) is 5.30. The largest absolute Gasteiger partial charge is 0.380 e. The summed E-state index contributed by atoms with van der Waals surface area (Å²) in [6.45, 7) is 3.65. The van der Waals surface area contributed by atoms with Crippen LogP contribution < -0.4 is 5.32 Å². The van der Waals surface area contributed by atoms with E-state index in [1.54, 1.807) is 0 Å². The van der Waals surface area contributed by atoms with Gasteiger partial charge in [-0.05, 0) is 25.7 Å². The minimum atomic E-state index is -0.156. The summed E-state index contributed by atoms with van der Waals surface area (Å²) in [5, 5.41) is 2.74. The number of carbonyl (C=O) groups is 3. The second-order valence-corrected chi connectivity index (χ2v) is 6.74. The Labute approximate surface area is 144 Å². The van der Waals surface area contributed by atoms with Crippen LogP contribution in [0.15, 0.2) is 0 Å². The summed E-state index contributed by atoms with van der Waals surface area (Å²) in [4.78, 5) is 37.9. The molecule has 3 amide bonds. The van der Waals surface area contributed by atoms with Gasteiger partial charge in [0, 0.05) is 32.5 Å². The molecule has 1 saturated heterocycles. The van der Waals surface area contributed by atoms with Gasteiger partial charge in [0.25, 0.3) is 0 Å². The predicted molar refractivity (Wildman–Crippen MR) is 90.1 cm³/mol. The number of likely N-dealkylation sites (tertiary alicyclic amines) is 1. The Morgan fingerprint density at radius 2 is 1.92 bits per heavy atom. The van der Waals surface area contributed by atoms with Crippen LogP contribution in [0, 0.1) is 11.8 Å². The maximum Gasteiger partial charge on any atom is 0.233 e. The molecule has 1 saturated carbocycles. The Morgan fingerprint density at radius 1 is 1.21 bits per heavy atom. The van der Waals surface area contributed by atoms with Crippen molar-refractivity contribution < 1.29 is 19.1 Å². The maximum absolute atomic E-state index is 12.6. The molecule has 2 fully saturated rings. The number of hydrogen-bond acceptors (Lipinski definition) is 4. The van der Waals surface area contributed by atoms with Crippen molar-refractivity contribution in [3.8, 4) is 0 Å². The molecule has 6 nitrogen and oxygen atoms in total. The normalized spacial score (nSPS) is 22.7. The lowest BCUT2D eigenvalue weighted by Gasteiger charge is -2.20. The Kier molecular flexibility index (Phi) is 7.69. The number of rotatable bonds is 8. The van der Waals surface area contributed by atoms with Gasteiger partial charge in [0.05, 0.1) is 12.5 Å². The third-order valence-corrected chi connectivity index (χ3v) is 5.08. The van der Waals surface area contributed by atoms with Crippen LogP contribution in [0.2, 0.25) is 0 Å². The summed E-state index contributed by atoms with van der Waals surface area (Å²) in [7, 11) is 0. The van der Waals surface area contributed by atoms with Gasteiger partial charge < -0.3 is 10.1 Å². The van der Waals surface area contributed by atoms with Crippen molar-refractivity contribution >= 4 is 17.7 Å². The number of nitrogens with one attached hydrogen (secondary N) is 1. The molecule has 1 aliphatic heterocycles. The first-order chi connectivity index (χ1) is 11.6. The Balaban J connectivity index is 1.77. The Hall–Kier alpha value is -1.43. The van der Waals surface area contributed by atoms with Gasteiger partial charge in [-0.3, -0.25) is 19.3 Å². The van der Waals surface area contributed by atoms with Crippen LogP contribution in [0.5, 0.6) is 0 Å². The zero-order valence-electron chi connectivity index (χ0n) is 14.7. The number of imide groups is 1. The van der Waals surface area contributed by atoms with Gasteiger partial charge in [-0.2, -0.15) is 0 Å². The van der Waals surface area contributed by atoms with Gasteiger partial charge in [-0.1, -0.05) is 25.7 Å². The molecule has 2 rings (SSSR count). The van der Waals surface area contributed by atoms with Crippen LogP contribution in [0.4, 0.5) is 0 Å². The van der Waals surface area contributed by atoms with Crippen LogP contribution in [0.3, 0.4) is 0 Å². The Morgan fingerprint density at radius 3 is 2.58 bits per heavy atom. The topological polar surface area (TPSA) is 75.7 Å². The highest BCUT2D eigenvalue weighted by molar-refractivity contribution is 6.03. The molecule has 136 valence electrons. The fraction of sp³-hybridized carbons (Fsp3) is 0.833. The van der Waals surface area contributed by atoms with Crippen molar-refractivity contribution in [2.75, 3.05) is 26.3 Å². The predicted octanol–water partition coefficient (Wildman–Crippen LogP) is 1.87. The lowest BCUT2D eigenvalue weighted by molar-refractivity contribution is -0.140. The standard InChI is InChI=1S/C18H30N2O4/c1-2-24-12-10-19-16(21)9-11-20-17(22)13-15(18(20)23)14-7-5-3-4-6-8-14/h14-15H,2-13H2,1H3,(H,19,21). The highest BCUT2D eigenvalue weighted by Crippen LogP contribution is 2.35. The molecular weight excluding hydrogens is 308 g/mol. The molecule has 2 aliphatic rings. The van der Waals surface area contributed by atoms with Crippen molar-refractivity contribution in [1.82, 2.24) is 10.2 Å². The van der Waals surface area contributed by atoms with Gasteiger partial charge in [0.1, 0.15) is 0 Å². The molecule has 1 N–H and O–H groups in total. The molecule has 24 heavy (non-hydrogen) atoms. The van der Waals surface area contributed by atoms with Gasteiger partial charge in [-0.15, -0.1) is 0 Å². The molecular formula is C18H30N2O4. The first kappa shape index (κ1) is 18.9. The summed E-state index contributed by atoms with van der Waals surface area (Å²) in [6.07, 6.45) is 7.38. The summed E-state index contributed by atoms with van der Waals surface area (Å²) in [5.41, 5.74) is 0. The van der Waals surface area contributed by atoms with E-state index in [0.717, 1.165) is 25.7 Å². The molecule has 0 aromatic carbocycles. The molecule has 1 heterocycles. The van der Waals surface area contributed by atoms with E-state index < -0.39 is 0 Å². The van der Waals surface area contributed by atoms with Gasteiger partial charge in [0.2, 0.25) is 17.7 Å². The second-order valence-electron chi connectivity index (χ2n) is 6.74. The van der Waals surface area contributed by atoms with E-state index in [1.807, 2.05) is 6.92 Å². The van der Waals surface area contributed by atoms with Crippen LogP contribution in [-0.4, -0.2) is 48.9 Å². The molecule has 0 bridgehead atoms. The van der Waals surface area contributed by atoms with Gasteiger partial charge in [0.15, 0.2) is 0 Å². The first-order valence-electron chi connectivity index (χ1n) is 9.32. The lowest BCUT2D eigenvalue weighted by atomic mass is 9.85. The summed E-state index contributed by atoms with van der Waals surface area (Å²) >= 11 is 0. The van der Waals surface area contributed by atoms with E-state index in [0.29, 0.717) is 32.1 Å². The first-order valence-corrected chi connectivity index (χ1v) is 9.32. The maximum atomic E-state index is 12.6. The van der Waals surface area contributed by atoms with Crippen molar-refractivity contribution in [2.24, 2.45) is 11.8 Å². The number of ether oxygens (including phenoxy) is 1. The average molecular weight is 338 g/mol. The van der Waals surface area contributed by atoms with E-state index in [9.17, 15) is 14.4 Å². The fourth-order valence-corrected chi connectivity index (χ4v) is 3.73. The second kappa shape index (κ2) is 9.77. The van der Waals surface area contributed by atoms with E-state index in [1.165, 1.54) is 17.7 Å². The number of amides is 3. The van der Waals surface area contributed by atoms with Gasteiger partial charge in [-0.25, -0.2) is 0 Å². The van der Waals surface area contributed by atoms with Crippen molar-refractivity contribution in [1.29, 1.82) is 0 Å². The van der Waals surface area contributed by atoms with Gasteiger partial charge >= 0.3 is 0 Å². The van der Waals surface area contributed by atoms with Crippen LogP contribution >= 0.6 is 0 Å². The lowest BCUT2D eigenvalue weighted by Crippen LogP contribution is -2.36. The number of carbonyl (C=O) groups excluding carboxylic acids is 3. The van der Waals surface area contributed by atoms with E-state index in [2.05, 4.69) is 5.32 Å². The minimum Gasteiger partial charge on any atom is -0.380 e. The molecule has 1 aliphatic carbocycles. The van der Waals surface area contributed by atoms with E-state index in [-0.39, 0.29) is 36.6 Å². The highest BCUT2D eigenvalue weighted by atomic mass is 16.5. The Bertz CT molecular complexity index is 444. The van der Waals surface area contributed by atoms with Crippen LogP contribution in [-0.2, 0) is 19.1 Å². The quantitative estimate of drug-likeness (QED) is 0.416. The summed E-state index contributed by atoms with van der Waals surface area (Å²) in [6, 6.07) is 0. The number of hydrogen-bond donors (Lipinski definition) is 1. The zero-order chi connectivity index (χ0) is 17.4. The average Bonchev–Trinajstić information content (AvgIpc) is 2.76. The molecule has 0 radical (unpaired) electrons. The highest BCUT2D eigenvalue weighted by Gasteiger charge is 2.42. The van der Waals surface area contributed by atoms with Crippen LogP contribution in [0.1, 0.15) is 58.3 Å². The smallest absolute Gasteiger partial charge is 0.233 e. The SMILES string of the molecule is CCOCCNC(=O)CCN1C(=O)CC(C2CCCCCC2)C1=O. The molecule has 0 aromatic rings. The summed E-state index contributed by atoms with van der Waals surface area (Å²) in [5.74, 6) is -0.135. The molecule has 1 unspecified atom stereocenters. The third-order valence-electron chi connectivity index (χ3n) is 5.08. The fourth-order valence-electron chi connectivity index (χ4n) is 3.73. The van der Waals surface area contributed by atoms with Crippen molar-refractivity contribution in [3.63, 3.8) is 0 Å². The monoisotopic (exact) mass is 338 g/mol. The van der Waals surface area contributed by atoms with Crippen LogP contribution in [0.25, 0.3) is 0 Å². The van der Waals surface area contributed by atoms with Crippen molar-refractivity contribution in [3.05, 3.63) is 0 Å². The summed E-state index contributed by atoms with van der Waals surface area (Å²) < 4.78 is 5.15. The van der Waals surface area contributed by atoms with Crippen molar-refractivity contribution in [2.45, 2.75) is 58.3 Å². The minimum absolute atomic E-state index is 0.0611. The number of nitrogens with zero attached hydrogens (tertiary/aromatic N) is 1. The van der Waals surface area contributed by atoms with E-state index in [4.69, 9.17) is 4.74 Å². The molecule has 0 aromatic heterocycles.